The van der Waals surface area contributed by atoms with Crippen LogP contribution in [0.2, 0.25) is 0 Å². The molecule has 18 heteroatoms. The predicted molar refractivity (Wildman–Crippen MR) is 192 cm³/mol. The second-order valence-electron chi connectivity index (χ2n) is 14.5. The molecule has 0 unspecified atom stereocenters. The van der Waals surface area contributed by atoms with Gasteiger partial charge in [-0.05, 0) is 50.4 Å². The number of carbonyl (C=O) groups excluding carboxylic acids is 1. The molecule has 292 valence electrons. The third-order valence-corrected chi connectivity index (χ3v) is 12.3. The molecule has 8 rings (SSSR count). The van der Waals surface area contributed by atoms with E-state index in [1.165, 1.54) is 4.90 Å². The first-order chi connectivity index (χ1) is 26.3. The SMILES string of the molecule is CCN(c1nc(OC[C@@]23CCCN2C[C@H](F)C3)nc2c(F)c(-c3ccc(F)c4sc(N)c(C#N)c34)c(C(F)(F)F)cc12)[C@H]1CCN(C(=O)O[C@H]2CCOC2)C1. The van der Waals surface area contributed by atoms with Crippen LogP contribution in [0.3, 0.4) is 0 Å². The number of ether oxygens (including phenoxy) is 3. The minimum absolute atomic E-state index is 0.0359. The zero-order valence-electron chi connectivity index (χ0n) is 29.7. The number of benzene rings is 2. The van der Waals surface area contributed by atoms with E-state index in [0.29, 0.717) is 56.9 Å². The number of nitriles is 1. The van der Waals surface area contributed by atoms with Crippen molar-refractivity contribution in [3.8, 4) is 23.2 Å². The Kier molecular flexibility index (Phi) is 9.61. The molecule has 4 aliphatic heterocycles. The second-order valence-corrected chi connectivity index (χ2v) is 15.5. The van der Waals surface area contributed by atoms with Gasteiger partial charge in [0.1, 0.15) is 47.1 Å². The summed E-state index contributed by atoms with van der Waals surface area (Å²) in [4.78, 5) is 27.2. The number of halogens is 6. The number of nitrogen functional groups attached to an aromatic ring is 1. The number of likely N-dealkylation sites (N-methyl/N-ethyl adjacent to an activating group) is 1. The third kappa shape index (κ3) is 6.53. The van der Waals surface area contributed by atoms with Gasteiger partial charge in [0, 0.05) is 61.4 Å². The van der Waals surface area contributed by atoms with Gasteiger partial charge >= 0.3 is 18.3 Å². The van der Waals surface area contributed by atoms with E-state index in [-0.39, 0.29) is 82.2 Å². The molecule has 0 saturated carbocycles. The van der Waals surface area contributed by atoms with E-state index >= 15 is 22.0 Å². The average molecular weight is 790 g/mol. The number of amides is 1. The van der Waals surface area contributed by atoms with E-state index in [4.69, 9.17) is 19.9 Å². The average Bonchev–Trinajstić information content (AvgIpc) is 3.98. The number of hydrogen-bond acceptors (Lipinski definition) is 11. The minimum atomic E-state index is -5.14. The normalized spacial score (nSPS) is 24.2. The molecule has 4 fully saturated rings. The van der Waals surface area contributed by atoms with E-state index in [2.05, 4.69) is 9.97 Å². The highest BCUT2D eigenvalue weighted by molar-refractivity contribution is 7.23. The first-order valence-electron chi connectivity index (χ1n) is 18.2. The van der Waals surface area contributed by atoms with Crippen molar-refractivity contribution in [3.05, 3.63) is 41.0 Å². The Labute approximate surface area is 315 Å². The van der Waals surface area contributed by atoms with Gasteiger partial charge in [-0.2, -0.15) is 28.4 Å². The summed E-state index contributed by atoms with van der Waals surface area (Å²) in [6.45, 7) is 4.05. The molecule has 2 aromatic carbocycles. The molecule has 4 aliphatic rings. The van der Waals surface area contributed by atoms with Crippen LogP contribution in [0.4, 0.5) is 42.0 Å². The fourth-order valence-electron chi connectivity index (χ4n) is 8.68. The van der Waals surface area contributed by atoms with Gasteiger partial charge in [0.2, 0.25) is 0 Å². The van der Waals surface area contributed by atoms with Crippen LogP contribution < -0.4 is 15.4 Å². The lowest BCUT2D eigenvalue weighted by Gasteiger charge is -2.32. The summed E-state index contributed by atoms with van der Waals surface area (Å²) in [5.74, 6) is -2.28. The van der Waals surface area contributed by atoms with E-state index in [9.17, 15) is 14.4 Å². The number of nitrogens with zero attached hydrogens (tertiary/aromatic N) is 6. The Morgan fingerprint density at radius 1 is 1.22 bits per heavy atom. The number of nitrogens with two attached hydrogens (primary N) is 1. The Balaban J connectivity index is 1.27. The molecule has 4 saturated heterocycles. The lowest BCUT2D eigenvalue weighted by molar-refractivity contribution is -0.137. The Morgan fingerprint density at radius 2 is 2.04 bits per heavy atom. The lowest BCUT2D eigenvalue weighted by Crippen LogP contribution is -2.43. The Morgan fingerprint density at radius 3 is 2.76 bits per heavy atom. The smallest absolute Gasteiger partial charge is 0.417 e. The third-order valence-electron chi connectivity index (χ3n) is 11.3. The molecule has 0 bridgehead atoms. The van der Waals surface area contributed by atoms with Gasteiger partial charge in [0.25, 0.3) is 0 Å². The molecule has 4 atom stereocenters. The molecule has 55 heavy (non-hydrogen) atoms. The lowest BCUT2D eigenvalue weighted by atomic mass is 9.92. The van der Waals surface area contributed by atoms with Crippen molar-refractivity contribution in [2.24, 2.45) is 0 Å². The zero-order valence-corrected chi connectivity index (χ0v) is 30.5. The fraction of sp³-hybridized carbons (Fsp3) is 0.514. The highest BCUT2D eigenvalue weighted by Gasteiger charge is 2.49. The monoisotopic (exact) mass is 789 g/mol. The van der Waals surface area contributed by atoms with Crippen LogP contribution in [0, 0.1) is 23.0 Å². The number of anilines is 2. The fourth-order valence-corrected chi connectivity index (χ4v) is 9.63. The first kappa shape index (κ1) is 37.3. The quantitative estimate of drug-likeness (QED) is 0.186. The standard InChI is InChI=1S/C37H37F6N7O4S/c1-2-50(20-6-10-48(16-20)35(51)54-21-7-11-52-17-21)33-23-12-25(37(41,42)43)28(22-4-5-26(39)31-27(22)24(14-44)32(45)55-31)29(40)30(23)46-34(47-33)53-18-36-8-3-9-49(36)15-19(38)13-36/h4-5,12,19-21H,2-3,6-11,13,15-18,45H2,1H3/t19-,20+,21+,36+/m1/s1. The summed E-state index contributed by atoms with van der Waals surface area (Å²) in [7, 11) is 0. The number of aromatic nitrogens is 2. The number of hydrogen-bond donors (Lipinski definition) is 1. The summed E-state index contributed by atoms with van der Waals surface area (Å²) < 4.78 is 109. The van der Waals surface area contributed by atoms with E-state index in [1.807, 2.05) is 11.0 Å². The van der Waals surface area contributed by atoms with E-state index in [0.717, 1.165) is 24.6 Å². The van der Waals surface area contributed by atoms with Crippen molar-refractivity contribution >= 4 is 49.2 Å². The van der Waals surface area contributed by atoms with Gasteiger partial charge < -0.3 is 29.7 Å². The van der Waals surface area contributed by atoms with Crippen LogP contribution in [0.15, 0.2) is 18.2 Å². The molecule has 0 aliphatic carbocycles. The summed E-state index contributed by atoms with van der Waals surface area (Å²) in [5, 5.41) is 9.23. The molecule has 4 aromatic rings. The number of thiophene rings is 1. The van der Waals surface area contributed by atoms with Gasteiger partial charge in [-0.25, -0.2) is 18.0 Å². The predicted octanol–water partition coefficient (Wildman–Crippen LogP) is 7.04. The summed E-state index contributed by atoms with van der Waals surface area (Å²) in [6.07, 6.45) is -4.47. The maximum Gasteiger partial charge on any atom is 0.417 e. The molecular formula is C37H37F6N7O4S. The summed E-state index contributed by atoms with van der Waals surface area (Å²) in [6, 6.07) is 3.69. The maximum atomic E-state index is 17.3. The molecule has 1 amide bonds. The molecule has 11 nitrogen and oxygen atoms in total. The molecular weight excluding hydrogens is 753 g/mol. The van der Waals surface area contributed by atoms with Crippen LogP contribution >= 0.6 is 11.3 Å². The van der Waals surface area contributed by atoms with Crippen molar-refractivity contribution in [2.75, 3.05) is 63.2 Å². The summed E-state index contributed by atoms with van der Waals surface area (Å²) in [5.41, 5.74) is 1.82. The number of rotatable bonds is 8. The van der Waals surface area contributed by atoms with Gasteiger partial charge in [-0.3, -0.25) is 4.90 Å². The van der Waals surface area contributed by atoms with Crippen molar-refractivity contribution in [2.45, 2.75) is 69.1 Å². The van der Waals surface area contributed by atoms with Crippen LogP contribution in [0.1, 0.15) is 50.2 Å². The topological polar surface area (TPSA) is 130 Å². The molecule has 0 radical (unpaired) electrons. The zero-order chi connectivity index (χ0) is 38.8. The minimum Gasteiger partial charge on any atom is -0.461 e. The number of likely N-dealkylation sites (tertiary alicyclic amines) is 1. The van der Waals surface area contributed by atoms with Gasteiger partial charge in [-0.1, -0.05) is 6.07 Å². The largest absolute Gasteiger partial charge is 0.461 e. The van der Waals surface area contributed by atoms with Gasteiger partial charge in [0.15, 0.2) is 5.82 Å². The maximum absolute atomic E-state index is 17.3. The number of alkyl halides is 4. The second kappa shape index (κ2) is 14.2. The van der Waals surface area contributed by atoms with Crippen molar-refractivity contribution in [1.29, 1.82) is 5.26 Å². The van der Waals surface area contributed by atoms with Crippen molar-refractivity contribution < 1.29 is 45.3 Å². The van der Waals surface area contributed by atoms with Crippen LogP contribution in [-0.2, 0) is 15.7 Å². The highest BCUT2D eigenvalue weighted by Crippen LogP contribution is 2.48. The van der Waals surface area contributed by atoms with Gasteiger partial charge in [-0.15, -0.1) is 11.3 Å². The number of carbonyl (C=O) groups is 1. The Hall–Kier alpha value is -4.60. The first-order valence-corrected chi connectivity index (χ1v) is 19.0. The molecule has 6 heterocycles. The van der Waals surface area contributed by atoms with Crippen molar-refractivity contribution in [1.82, 2.24) is 19.8 Å². The molecule has 2 aromatic heterocycles. The summed E-state index contributed by atoms with van der Waals surface area (Å²) >= 11 is 0.674. The highest BCUT2D eigenvalue weighted by atomic mass is 32.1. The van der Waals surface area contributed by atoms with Gasteiger partial charge in [0.05, 0.1) is 34.6 Å². The molecule has 2 N–H and O–H groups in total. The molecule has 0 spiro atoms. The van der Waals surface area contributed by atoms with E-state index < -0.39 is 58.3 Å². The Bertz CT molecular complexity index is 2210. The number of fused-ring (bicyclic) bond motifs is 3. The van der Waals surface area contributed by atoms with Crippen LogP contribution in [0.5, 0.6) is 6.01 Å². The van der Waals surface area contributed by atoms with E-state index in [1.54, 1.807) is 11.8 Å². The van der Waals surface area contributed by atoms with Crippen molar-refractivity contribution in [3.63, 3.8) is 0 Å². The van der Waals surface area contributed by atoms with Crippen LogP contribution in [0.25, 0.3) is 32.1 Å². The van der Waals surface area contributed by atoms with Crippen LogP contribution in [-0.4, -0.2) is 102 Å².